The number of nitro benzene ring substituents is 1. The third-order valence-electron chi connectivity index (χ3n) is 5.04. The van der Waals surface area contributed by atoms with Crippen LogP contribution >= 0.6 is 22.7 Å². The first-order valence-electron chi connectivity index (χ1n) is 8.89. The van der Waals surface area contributed by atoms with Crippen molar-refractivity contribution in [2.75, 3.05) is 25.0 Å². The van der Waals surface area contributed by atoms with Gasteiger partial charge >= 0.3 is 0 Å². The number of nitro groups is 1. The average Bonchev–Trinajstić information content (AvgIpc) is 3.39. The molecule has 3 aromatic rings. The molecule has 2 aromatic heterocycles. The van der Waals surface area contributed by atoms with Crippen LogP contribution in [-0.2, 0) is 11.2 Å². The van der Waals surface area contributed by atoms with Crippen molar-refractivity contribution in [3.63, 3.8) is 0 Å². The fourth-order valence-corrected chi connectivity index (χ4v) is 5.32. The summed E-state index contributed by atoms with van der Waals surface area (Å²) in [7, 11) is 1.71. The van der Waals surface area contributed by atoms with Gasteiger partial charge in [-0.25, -0.2) is 0 Å². The van der Waals surface area contributed by atoms with E-state index in [1.54, 1.807) is 46.8 Å². The fraction of sp³-hybridized carbons (Fsp3) is 0.250. The lowest BCUT2D eigenvalue weighted by atomic mass is 9.98. The summed E-state index contributed by atoms with van der Waals surface area (Å²) < 4.78 is 0. The molecule has 4 rings (SSSR count). The molecule has 0 bridgehead atoms. The summed E-state index contributed by atoms with van der Waals surface area (Å²) in [6, 6.07) is 12.5. The summed E-state index contributed by atoms with van der Waals surface area (Å²) in [6.45, 7) is 1.13. The summed E-state index contributed by atoms with van der Waals surface area (Å²) >= 11 is 3.49. The molecule has 1 atom stereocenters. The zero-order chi connectivity index (χ0) is 19.7. The Morgan fingerprint density at radius 3 is 2.68 bits per heavy atom. The highest BCUT2D eigenvalue weighted by Gasteiger charge is 2.32. The van der Waals surface area contributed by atoms with E-state index in [1.165, 1.54) is 27.5 Å². The second kappa shape index (κ2) is 7.83. The first kappa shape index (κ1) is 18.8. The molecule has 1 aliphatic heterocycles. The Kier molecular flexibility index (Phi) is 5.25. The van der Waals surface area contributed by atoms with Crippen LogP contribution in [0.4, 0.5) is 11.4 Å². The van der Waals surface area contributed by atoms with E-state index in [4.69, 9.17) is 0 Å². The number of amides is 1. The molecular weight excluding hydrogens is 394 g/mol. The Labute approximate surface area is 170 Å². The number of anilines is 1. The molecule has 1 aromatic carbocycles. The number of rotatable bonds is 5. The normalized spacial score (nSPS) is 16.5. The highest BCUT2D eigenvalue weighted by Crippen LogP contribution is 2.39. The number of carbonyl (C=O) groups excluding carboxylic acids is 1. The van der Waals surface area contributed by atoms with Crippen LogP contribution in [0.1, 0.15) is 21.4 Å². The van der Waals surface area contributed by atoms with Crippen LogP contribution in [0.25, 0.3) is 0 Å². The minimum Gasteiger partial charge on any atom is -0.314 e. The number of hydrogen-bond donors (Lipinski definition) is 0. The van der Waals surface area contributed by atoms with Crippen LogP contribution in [0.2, 0.25) is 0 Å². The smallest absolute Gasteiger partial charge is 0.269 e. The second-order valence-electron chi connectivity index (χ2n) is 6.66. The van der Waals surface area contributed by atoms with Gasteiger partial charge in [-0.05, 0) is 47.0 Å². The van der Waals surface area contributed by atoms with Gasteiger partial charge in [0.05, 0.1) is 17.5 Å². The van der Waals surface area contributed by atoms with Crippen molar-refractivity contribution < 1.29 is 9.72 Å². The molecule has 8 heteroatoms. The summed E-state index contributed by atoms with van der Waals surface area (Å²) in [4.78, 5) is 29.8. The molecule has 0 radical (unpaired) electrons. The lowest BCUT2D eigenvalue weighted by Gasteiger charge is -2.35. The largest absolute Gasteiger partial charge is 0.314 e. The molecule has 0 fully saturated rings. The summed E-state index contributed by atoms with van der Waals surface area (Å²) in [5, 5.41) is 15.0. The monoisotopic (exact) mass is 413 g/mol. The van der Waals surface area contributed by atoms with Crippen LogP contribution < -0.4 is 4.90 Å². The second-order valence-corrected chi connectivity index (χ2v) is 8.64. The van der Waals surface area contributed by atoms with Crippen molar-refractivity contribution in [3.8, 4) is 0 Å². The molecule has 0 spiro atoms. The molecule has 0 saturated carbocycles. The predicted octanol–water partition coefficient (Wildman–Crippen LogP) is 4.33. The third-order valence-corrected chi connectivity index (χ3v) is 6.96. The molecule has 0 saturated heterocycles. The zero-order valence-corrected chi connectivity index (χ0v) is 16.9. The topological polar surface area (TPSA) is 66.7 Å². The summed E-state index contributed by atoms with van der Waals surface area (Å²) in [6.07, 6.45) is 0.948. The highest BCUT2D eigenvalue weighted by atomic mass is 32.1. The van der Waals surface area contributed by atoms with Crippen LogP contribution in [0.3, 0.4) is 0 Å². The number of benzene rings is 1. The fourth-order valence-electron chi connectivity index (χ4n) is 3.54. The number of carbonyl (C=O) groups is 1. The van der Waals surface area contributed by atoms with E-state index >= 15 is 0 Å². The molecule has 144 valence electrons. The van der Waals surface area contributed by atoms with Gasteiger partial charge < -0.3 is 4.90 Å². The maximum Gasteiger partial charge on any atom is 0.269 e. The molecule has 0 aliphatic carbocycles. The quantitative estimate of drug-likeness (QED) is 0.461. The van der Waals surface area contributed by atoms with Gasteiger partial charge in [0.2, 0.25) is 5.91 Å². The van der Waals surface area contributed by atoms with Gasteiger partial charge in [-0.2, -0.15) is 0 Å². The Balaban J connectivity index is 1.54. The van der Waals surface area contributed by atoms with Crippen molar-refractivity contribution >= 4 is 40.0 Å². The minimum absolute atomic E-state index is 0.0170. The molecular formula is C20H19N3O3S2. The van der Waals surface area contributed by atoms with E-state index in [0.29, 0.717) is 12.2 Å². The van der Waals surface area contributed by atoms with Crippen LogP contribution in [0, 0.1) is 10.1 Å². The standard InChI is InChI=1S/C20H19N3O3S2/c1-21(14-4-6-15(7-5-14)23(25)26)19(24)13-22-10-8-17-16(9-12-28-17)20(22)18-3-2-11-27-18/h2-7,9,11-12,20H,8,10,13H2,1H3. The van der Waals surface area contributed by atoms with Gasteiger partial charge in [0.25, 0.3) is 5.69 Å². The first-order chi connectivity index (χ1) is 13.5. The Morgan fingerprint density at radius 1 is 1.21 bits per heavy atom. The van der Waals surface area contributed by atoms with Gasteiger partial charge in [0.15, 0.2) is 0 Å². The lowest BCUT2D eigenvalue weighted by molar-refractivity contribution is -0.384. The maximum atomic E-state index is 13.0. The lowest BCUT2D eigenvalue weighted by Crippen LogP contribution is -2.43. The molecule has 1 aliphatic rings. The minimum atomic E-state index is -0.441. The van der Waals surface area contributed by atoms with Crippen LogP contribution in [0.5, 0.6) is 0 Å². The van der Waals surface area contributed by atoms with Crippen molar-refractivity contribution in [2.45, 2.75) is 12.5 Å². The van der Waals surface area contributed by atoms with Crippen molar-refractivity contribution in [3.05, 3.63) is 78.7 Å². The van der Waals surface area contributed by atoms with Crippen molar-refractivity contribution in [1.29, 1.82) is 0 Å². The molecule has 3 heterocycles. The Bertz CT molecular complexity index is 983. The molecule has 28 heavy (non-hydrogen) atoms. The van der Waals surface area contributed by atoms with Gasteiger partial charge in [-0.3, -0.25) is 19.8 Å². The van der Waals surface area contributed by atoms with Gasteiger partial charge in [-0.1, -0.05) is 6.07 Å². The average molecular weight is 414 g/mol. The van der Waals surface area contributed by atoms with E-state index in [2.05, 4.69) is 27.8 Å². The molecule has 6 nitrogen and oxygen atoms in total. The molecule has 1 amide bonds. The summed E-state index contributed by atoms with van der Waals surface area (Å²) in [5.74, 6) is -0.0333. The maximum absolute atomic E-state index is 13.0. The van der Waals surface area contributed by atoms with Crippen LogP contribution in [0.15, 0.2) is 53.2 Å². The highest BCUT2D eigenvalue weighted by molar-refractivity contribution is 7.10. The number of nitrogens with zero attached hydrogens (tertiary/aromatic N) is 3. The van der Waals surface area contributed by atoms with Crippen molar-refractivity contribution in [2.24, 2.45) is 0 Å². The third kappa shape index (κ3) is 3.58. The number of likely N-dealkylation sites (N-methyl/N-ethyl adjacent to an activating group) is 1. The number of hydrogen-bond acceptors (Lipinski definition) is 6. The van der Waals surface area contributed by atoms with Crippen LogP contribution in [-0.4, -0.2) is 35.9 Å². The van der Waals surface area contributed by atoms with Gasteiger partial charge in [-0.15, -0.1) is 22.7 Å². The van der Waals surface area contributed by atoms with E-state index in [-0.39, 0.29) is 17.6 Å². The van der Waals surface area contributed by atoms with E-state index in [9.17, 15) is 14.9 Å². The number of non-ortho nitro benzene ring substituents is 1. The van der Waals surface area contributed by atoms with E-state index in [0.717, 1.165) is 13.0 Å². The molecule has 1 unspecified atom stereocenters. The SMILES string of the molecule is CN(C(=O)CN1CCc2sccc2C1c1cccs1)c1ccc([N+](=O)[O-])cc1. The number of thiophene rings is 2. The first-order valence-corrected chi connectivity index (χ1v) is 10.7. The predicted molar refractivity (Wildman–Crippen MR) is 112 cm³/mol. The van der Waals surface area contributed by atoms with Gasteiger partial charge in [0.1, 0.15) is 0 Å². The Morgan fingerprint density at radius 2 is 2.00 bits per heavy atom. The van der Waals surface area contributed by atoms with E-state index in [1.807, 2.05) is 6.07 Å². The summed E-state index contributed by atoms with van der Waals surface area (Å²) in [5.41, 5.74) is 1.96. The number of fused-ring (bicyclic) bond motifs is 1. The van der Waals surface area contributed by atoms with Gasteiger partial charge in [0, 0.05) is 41.2 Å². The zero-order valence-electron chi connectivity index (χ0n) is 15.3. The Hall–Kier alpha value is -2.55. The van der Waals surface area contributed by atoms with E-state index < -0.39 is 4.92 Å². The molecule has 0 N–H and O–H groups in total. The van der Waals surface area contributed by atoms with Crippen molar-refractivity contribution in [1.82, 2.24) is 4.90 Å².